The van der Waals surface area contributed by atoms with Gasteiger partial charge in [-0.2, -0.15) is 0 Å². The summed E-state index contributed by atoms with van der Waals surface area (Å²) in [6, 6.07) is 11.5. The van der Waals surface area contributed by atoms with Crippen molar-refractivity contribution in [2.75, 3.05) is 20.3 Å². The van der Waals surface area contributed by atoms with Crippen LogP contribution in [0.15, 0.2) is 36.4 Å². The Hall–Kier alpha value is -1.45. The molecule has 21 heavy (non-hydrogen) atoms. The third kappa shape index (κ3) is 3.09. The van der Waals surface area contributed by atoms with Crippen LogP contribution >= 0.6 is 0 Å². The highest BCUT2D eigenvalue weighted by molar-refractivity contribution is 5.86. The summed E-state index contributed by atoms with van der Waals surface area (Å²) in [6.45, 7) is 1.73. The smallest absolute Gasteiger partial charge is 0.131 e. The van der Waals surface area contributed by atoms with Crippen LogP contribution in [0.25, 0.3) is 10.8 Å². The van der Waals surface area contributed by atoms with Crippen molar-refractivity contribution in [3.8, 4) is 0 Å². The van der Waals surface area contributed by atoms with Crippen LogP contribution in [0.5, 0.6) is 0 Å². The molecule has 2 aromatic carbocycles. The highest BCUT2D eigenvalue weighted by atomic mass is 19.1. The third-order valence-corrected chi connectivity index (χ3v) is 4.54. The summed E-state index contributed by atoms with van der Waals surface area (Å²) in [6.07, 6.45) is 3.32. The second-order valence-electron chi connectivity index (χ2n) is 5.81. The van der Waals surface area contributed by atoms with Crippen molar-refractivity contribution in [2.45, 2.75) is 25.3 Å². The molecular formula is C18H22FNO. The van der Waals surface area contributed by atoms with Gasteiger partial charge < -0.3 is 10.1 Å². The first kappa shape index (κ1) is 14.5. The molecule has 0 bridgehead atoms. The van der Waals surface area contributed by atoms with Crippen LogP contribution in [0.4, 0.5) is 4.39 Å². The van der Waals surface area contributed by atoms with E-state index in [1.807, 2.05) is 37.4 Å². The monoisotopic (exact) mass is 287 g/mol. The van der Waals surface area contributed by atoms with E-state index in [1.165, 1.54) is 5.56 Å². The van der Waals surface area contributed by atoms with E-state index in [9.17, 15) is 4.39 Å². The predicted molar refractivity (Wildman–Crippen MR) is 83.9 cm³/mol. The van der Waals surface area contributed by atoms with Crippen LogP contribution in [0.1, 0.15) is 30.9 Å². The molecule has 3 rings (SSSR count). The molecule has 1 fully saturated rings. The van der Waals surface area contributed by atoms with E-state index in [0.717, 1.165) is 37.9 Å². The van der Waals surface area contributed by atoms with Crippen LogP contribution in [-0.2, 0) is 4.74 Å². The normalized spacial score (nSPS) is 18.0. The highest BCUT2D eigenvalue weighted by Crippen LogP contribution is 2.32. The van der Waals surface area contributed by atoms with Crippen LogP contribution < -0.4 is 5.32 Å². The molecule has 112 valence electrons. The van der Waals surface area contributed by atoms with Crippen LogP contribution in [0.2, 0.25) is 0 Å². The van der Waals surface area contributed by atoms with Crippen LogP contribution in [0, 0.1) is 11.7 Å². The minimum absolute atomic E-state index is 0.143. The number of halogens is 1. The van der Waals surface area contributed by atoms with Gasteiger partial charge in [-0.25, -0.2) is 4.39 Å². The van der Waals surface area contributed by atoms with Crippen molar-refractivity contribution in [1.29, 1.82) is 0 Å². The highest BCUT2D eigenvalue weighted by Gasteiger charge is 2.21. The molecule has 0 spiro atoms. The van der Waals surface area contributed by atoms with Gasteiger partial charge in [0.1, 0.15) is 5.82 Å². The zero-order valence-electron chi connectivity index (χ0n) is 12.4. The Labute approximate surface area is 125 Å². The van der Waals surface area contributed by atoms with Crippen molar-refractivity contribution >= 4 is 10.8 Å². The summed E-state index contributed by atoms with van der Waals surface area (Å²) in [5.74, 6) is 0.537. The molecule has 0 amide bonds. The van der Waals surface area contributed by atoms with Gasteiger partial charge in [0.05, 0.1) is 0 Å². The fourth-order valence-corrected chi connectivity index (χ4v) is 3.31. The van der Waals surface area contributed by atoms with E-state index in [0.29, 0.717) is 11.3 Å². The van der Waals surface area contributed by atoms with E-state index in [4.69, 9.17) is 4.74 Å². The molecule has 1 unspecified atom stereocenters. The van der Waals surface area contributed by atoms with E-state index >= 15 is 0 Å². The van der Waals surface area contributed by atoms with Crippen molar-refractivity contribution in [1.82, 2.24) is 5.32 Å². The average Bonchev–Trinajstić information content (AvgIpc) is 2.55. The molecule has 1 N–H and O–H groups in total. The lowest BCUT2D eigenvalue weighted by atomic mass is 9.87. The predicted octanol–water partition coefficient (Wildman–Crippen LogP) is 4.06. The maximum atomic E-state index is 14.0. The molecule has 1 aliphatic rings. The third-order valence-electron chi connectivity index (χ3n) is 4.54. The number of benzene rings is 2. The standard InChI is InChI=1S/C18H22FNO/c1-20-18(12-13-8-10-21-11-9-13)16-6-7-17(19)15-5-3-2-4-14(15)16/h2-7,13,18,20H,8-12H2,1H3. The van der Waals surface area contributed by atoms with Crippen molar-refractivity contribution in [2.24, 2.45) is 5.92 Å². The zero-order chi connectivity index (χ0) is 14.7. The first-order valence-electron chi connectivity index (χ1n) is 7.71. The Bertz CT molecular complexity index is 607. The second-order valence-corrected chi connectivity index (χ2v) is 5.81. The first-order valence-corrected chi connectivity index (χ1v) is 7.71. The summed E-state index contributed by atoms with van der Waals surface area (Å²) in [7, 11) is 1.99. The molecule has 1 atom stereocenters. The molecule has 0 aromatic heterocycles. The van der Waals surface area contributed by atoms with Gasteiger partial charge in [0, 0.05) is 24.6 Å². The summed E-state index contributed by atoms with van der Waals surface area (Å²) >= 11 is 0. The maximum absolute atomic E-state index is 14.0. The molecule has 3 heteroatoms. The lowest BCUT2D eigenvalue weighted by molar-refractivity contribution is 0.0608. The molecule has 1 aliphatic heterocycles. The maximum Gasteiger partial charge on any atom is 0.131 e. The van der Waals surface area contributed by atoms with E-state index < -0.39 is 0 Å². The Morgan fingerprint density at radius 1 is 1.14 bits per heavy atom. The summed E-state index contributed by atoms with van der Waals surface area (Å²) in [4.78, 5) is 0. The number of hydrogen-bond donors (Lipinski definition) is 1. The SMILES string of the molecule is CNC(CC1CCOCC1)c1ccc(F)c2ccccc12. The van der Waals surface area contributed by atoms with Crippen LogP contribution in [0.3, 0.4) is 0 Å². The Morgan fingerprint density at radius 3 is 2.57 bits per heavy atom. The van der Waals surface area contributed by atoms with Gasteiger partial charge in [-0.15, -0.1) is 0 Å². The fourth-order valence-electron chi connectivity index (χ4n) is 3.31. The minimum atomic E-state index is -0.143. The second kappa shape index (κ2) is 6.54. The summed E-state index contributed by atoms with van der Waals surface area (Å²) < 4.78 is 19.4. The van der Waals surface area contributed by atoms with Crippen molar-refractivity contribution in [3.63, 3.8) is 0 Å². The van der Waals surface area contributed by atoms with Crippen molar-refractivity contribution < 1.29 is 9.13 Å². The molecule has 2 nitrogen and oxygen atoms in total. The van der Waals surface area contributed by atoms with Crippen molar-refractivity contribution in [3.05, 3.63) is 47.8 Å². The Balaban J connectivity index is 1.91. The molecule has 1 saturated heterocycles. The minimum Gasteiger partial charge on any atom is -0.381 e. The molecule has 2 aromatic rings. The molecule has 0 aliphatic carbocycles. The quantitative estimate of drug-likeness (QED) is 0.915. The van der Waals surface area contributed by atoms with Gasteiger partial charge in [-0.1, -0.05) is 30.3 Å². The van der Waals surface area contributed by atoms with Gasteiger partial charge >= 0.3 is 0 Å². The van der Waals surface area contributed by atoms with Gasteiger partial charge in [0.25, 0.3) is 0 Å². The lowest BCUT2D eigenvalue weighted by Gasteiger charge is -2.27. The molecule has 0 radical (unpaired) electrons. The fraction of sp³-hybridized carbons (Fsp3) is 0.444. The average molecular weight is 287 g/mol. The number of nitrogens with one attached hydrogen (secondary N) is 1. The molecule has 1 heterocycles. The topological polar surface area (TPSA) is 21.3 Å². The Kier molecular flexibility index (Phi) is 4.51. The molecule has 0 saturated carbocycles. The number of ether oxygens (including phenoxy) is 1. The van der Waals surface area contributed by atoms with Crippen LogP contribution in [-0.4, -0.2) is 20.3 Å². The van der Waals surface area contributed by atoms with Gasteiger partial charge in [-0.05, 0) is 49.2 Å². The van der Waals surface area contributed by atoms with Gasteiger partial charge in [0.2, 0.25) is 0 Å². The summed E-state index contributed by atoms with van der Waals surface area (Å²) in [5, 5.41) is 5.14. The van der Waals surface area contributed by atoms with Gasteiger partial charge in [0.15, 0.2) is 0 Å². The first-order chi connectivity index (χ1) is 10.3. The molecular weight excluding hydrogens is 265 g/mol. The lowest BCUT2D eigenvalue weighted by Crippen LogP contribution is -2.24. The zero-order valence-corrected chi connectivity index (χ0v) is 12.4. The van der Waals surface area contributed by atoms with E-state index in [1.54, 1.807) is 6.07 Å². The van der Waals surface area contributed by atoms with Gasteiger partial charge in [-0.3, -0.25) is 0 Å². The van der Waals surface area contributed by atoms with E-state index in [-0.39, 0.29) is 11.9 Å². The Morgan fingerprint density at radius 2 is 1.86 bits per heavy atom. The number of rotatable bonds is 4. The number of hydrogen-bond acceptors (Lipinski definition) is 2. The van der Waals surface area contributed by atoms with E-state index in [2.05, 4.69) is 5.32 Å². The largest absolute Gasteiger partial charge is 0.381 e. The summed E-state index contributed by atoms with van der Waals surface area (Å²) in [5.41, 5.74) is 1.20. The number of fused-ring (bicyclic) bond motifs is 1.